The first kappa shape index (κ1) is 14.3. The van der Waals surface area contributed by atoms with E-state index in [-0.39, 0.29) is 0 Å². The van der Waals surface area contributed by atoms with Crippen molar-refractivity contribution in [1.82, 2.24) is 10.2 Å². The first-order valence-corrected chi connectivity index (χ1v) is 7.33. The second-order valence-electron chi connectivity index (χ2n) is 5.84. The number of hydrogen-bond donors (Lipinski definition) is 1. The predicted octanol–water partition coefficient (Wildman–Crippen LogP) is 2.71. The molecular formula is C17H26N2. The van der Waals surface area contributed by atoms with Crippen molar-refractivity contribution in [1.29, 1.82) is 0 Å². The van der Waals surface area contributed by atoms with Gasteiger partial charge in [-0.15, -0.1) is 6.58 Å². The van der Waals surface area contributed by atoms with Gasteiger partial charge >= 0.3 is 0 Å². The van der Waals surface area contributed by atoms with Crippen LogP contribution in [0.25, 0.3) is 0 Å². The highest BCUT2D eigenvalue weighted by atomic mass is 15.2. The fourth-order valence-corrected chi connectivity index (χ4v) is 2.81. The molecule has 1 heterocycles. The minimum absolute atomic E-state index is 0.579. The third-order valence-corrected chi connectivity index (χ3v) is 4.05. The number of nitrogens with one attached hydrogen (secondary N) is 1. The van der Waals surface area contributed by atoms with Crippen LogP contribution in [0.4, 0.5) is 0 Å². The molecule has 1 saturated heterocycles. The third kappa shape index (κ3) is 3.92. The lowest BCUT2D eigenvalue weighted by molar-refractivity contribution is 0.126. The van der Waals surface area contributed by atoms with Crippen molar-refractivity contribution in [3.63, 3.8) is 0 Å². The molecule has 1 fully saturated rings. The summed E-state index contributed by atoms with van der Waals surface area (Å²) in [4.78, 5) is 2.57. The van der Waals surface area contributed by atoms with Crippen LogP contribution < -0.4 is 5.32 Å². The minimum Gasteiger partial charge on any atom is -0.311 e. The van der Waals surface area contributed by atoms with Crippen LogP contribution in [0.15, 0.2) is 43.0 Å². The summed E-state index contributed by atoms with van der Waals surface area (Å²) >= 11 is 0. The standard InChI is InChI=1S/C17H26N2/c1-4-10-19-13-17(14(2)3)18-12-16(19)11-15-8-6-5-7-9-15/h4-9,14,16-18H,1,10-13H2,2-3H3. The Morgan fingerprint density at radius 1 is 1.37 bits per heavy atom. The zero-order valence-electron chi connectivity index (χ0n) is 12.2. The van der Waals surface area contributed by atoms with Gasteiger partial charge in [-0.3, -0.25) is 4.90 Å². The Balaban J connectivity index is 2.01. The summed E-state index contributed by atoms with van der Waals surface area (Å²) in [5, 5.41) is 3.70. The number of hydrogen-bond acceptors (Lipinski definition) is 2. The molecule has 104 valence electrons. The van der Waals surface area contributed by atoms with Crippen molar-refractivity contribution in [2.75, 3.05) is 19.6 Å². The number of piperazine rings is 1. The van der Waals surface area contributed by atoms with Gasteiger partial charge in [-0.2, -0.15) is 0 Å². The van der Waals surface area contributed by atoms with E-state index in [0.717, 1.165) is 26.1 Å². The Bertz CT molecular complexity index is 386. The summed E-state index contributed by atoms with van der Waals surface area (Å²) in [6.45, 7) is 11.7. The molecule has 2 unspecified atom stereocenters. The summed E-state index contributed by atoms with van der Waals surface area (Å²) in [6, 6.07) is 12.0. The topological polar surface area (TPSA) is 15.3 Å². The summed E-state index contributed by atoms with van der Waals surface area (Å²) in [5.74, 6) is 0.685. The lowest BCUT2D eigenvalue weighted by Crippen LogP contribution is -2.58. The van der Waals surface area contributed by atoms with Gasteiger partial charge in [0.2, 0.25) is 0 Å². The molecule has 0 amide bonds. The fourth-order valence-electron chi connectivity index (χ4n) is 2.81. The maximum absolute atomic E-state index is 3.90. The van der Waals surface area contributed by atoms with E-state index in [4.69, 9.17) is 0 Å². The summed E-state index contributed by atoms with van der Waals surface area (Å²) in [5.41, 5.74) is 1.42. The highest BCUT2D eigenvalue weighted by Crippen LogP contribution is 2.16. The zero-order chi connectivity index (χ0) is 13.7. The predicted molar refractivity (Wildman–Crippen MR) is 82.3 cm³/mol. The van der Waals surface area contributed by atoms with Gasteiger partial charge in [-0.25, -0.2) is 0 Å². The molecule has 2 rings (SSSR count). The van der Waals surface area contributed by atoms with Crippen molar-refractivity contribution in [3.05, 3.63) is 48.6 Å². The van der Waals surface area contributed by atoms with Crippen LogP contribution >= 0.6 is 0 Å². The highest BCUT2D eigenvalue weighted by Gasteiger charge is 2.28. The molecule has 0 bridgehead atoms. The molecule has 1 aliphatic heterocycles. The Morgan fingerprint density at radius 2 is 2.11 bits per heavy atom. The first-order chi connectivity index (χ1) is 9.20. The Labute approximate surface area is 117 Å². The molecule has 1 aliphatic rings. The van der Waals surface area contributed by atoms with E-state index >= 15 is 0 Å². The highest BCUT2D eigenvalue weighted by molar-refractivity contribution is 5.16. The molecule has 2 heteroatoms. The van der Waals surface area contributed by atoms with Crippen molar-refractivity contribution in [3.8, 4) is 0 Å². The van der Waals surface area contributed by atoms with Gasteiger partial charge < -0.3 is 5.32 Å². The quantitative estimate of drug-likeness (QED) is 0.817. The molecule has 0 aliphatic carbocycles. The molecule has 0 spiro atoms. The van der Waals surface area contributed by atoms with Gasteiger partial charge in [0.25, 0.3) is 0 Å². The monoisotopic (exact) mass is 258 g/mol. The van der Waals surface area contributed by atoms with E-state index in [1.165, 1.54) is 5.56 Å². The summed E-state index contributed by atoms with van der Waals surface area (Å²) < 4.78 is 0. The largest absolute Gasteiger partial charge is 0.311 e. The molecule has 1 aromatic carbocycles. The maximum atomic E-state index is 3.90. The Morgan fingerprint density at radius 3 is 2.74 bits per heavy atom. The normalized spacial score (nSPS) is 24.6. The first-order valence-electron chi connectivity index (χ1n) is 7.33. The van der Waals surface area contributed by atoms with Gasteiger partial charge in [0.05, 0.1) is 0 Å². The van der Waals surface area contributed by atoms with Crippen LogP contribution in [-0.4, -0.2) is 36.6 Å². The van der Waals surface area contributed by atoms with Crippen molar-refractivity contribution < 1.29 is 0 Å². The van der Waals surface area contributed by atoms with E-state index in [1.54, 1.807) is 0 Å². The molecule has 19 heavy (non-hydrogen) atoms. The van der Waals surface area contributed by atoms with E-state index in [0.29, 0.717) is 18.0 Å². The van der Waals surface area contributed by atoms with Crippen molar-refractivity contribution >= 4 is 0 Å². The van der Waals surface area contributed by atoms with Gasteiger partial charge in [0.15, 0.2) is 0 Å². The molecule has 0 radical (unpaired) electrons. The lowest BCUT2D eigenvalue weighted by Gasteiger charge is -2.41. The molecule has 0 saturated carbocycles. The average molecular weight is 258 g/mol. The van der Waals surface area contributed by atoms with Crippen LogP contribution in [0.5, 0.6) is 0 Å². The molecule has 1 aromatic rings. The zero-order valence-corrected chi connectivity index (χ0v) is 12.2. The Kier molecular flexibility index (Phi) is 5.17. The summed E-state index contributed by atoms with van der Waals surface area (Å²) in [6.07, 6.45) is 3.15. The second kappa shape index (κ2) is 6.88. The van der Waals surface area contributed by atoms with E-state index < -0.39 is 0 Å². The van der Waals surface area contributed by atoms with E-state index in [1.807, 2.05) is 6.08 Å². The number of benzene rings is 1. The average Bonchev–Trinajstić information content (AvgIpc) is 2.42. The number of rotatable bonds is 5. The molecule has 1 N–H and O–H groups in total. The SMILES string of the molecule is C=CCN1CC(C(C)C)NCC1Cc1ccccc1. The van der Waals surface area contributed by atoms with E-state index in [2.05, 4.69) is 61.0 Å². The third-order valence-electron chi connectivity index (χ3n) is 4.05. The maximum Gasteiger partial charge on any atom is 0.0265 e. The van der Waals surface area contributed by atoms with Crippen LogP contribution in [0.2, 0.25) is 0 Å². The van der Waals surface area contributed by atoms with Gasteiger partial charge in [0, 0.05) is 31.7 Å². The van der Waals surface area contributed by atoms with Gasteiger partial charge in [0.1, 0.15) is 0 Å². The second-order valence-corrected chi connectivity index (χ2v) is 5.84. The molecular weight excluding hydrogens is 232 g/mol. The van der Waals surface area contributed by atoms with Crippen molar-refractivity contribution in [2.24, 2.45) is 5.92 Å². The lowest BCUT2D eigenvalue weighted by atomic mass is 9.96. The minimum atomic E-state index is 0.579. The summed E-state index contributed by atoms with van der Waals surface area (Å²) in [7, 11) is 0. The van der Waals surface area contributed by atoms with Crippen LogP contribution in [0.3, 0.4) is 0 Å². The van der Waals surface area contributed by atoms with Crippen LogP contribution in [-0.2, 0) is 6.42 Å². The number of nitrogens with zero attached hydrogens (tertiary/aromatic N) is 1. The molecule has 0 aromatic heterocycles. The molecule has 2 nitrogen and oxygen atoms in total. The smallest absolute Gasteiger partial charge is 0.0265 e. The van der Waals surface area contributed by atoms with Crippen LogP contribution in [0, 0.1) is 5.92 Å². The van der Waals surface area contributed by atoms with Crippen molar-refractivity contribution in [2.45, 2.75) is 32.4 Å². The van der Waals surface area contributed by atoms with Gasteiger partial charge in [-0.1, -0.05) is 50.3 Å². The molecule has 2 atom stereocenters. The fraction of sp³-hybridized carbons (Fsp3) is 0.529. The van der Waals surface area contributed by atoms with Crippen LogP contribution in [0.1, 0.15) is 19.4 Å². The Hall–Kier alpha value is -1.12. The van der Waals surface area contributed by atoms with Gasteiger partial charge in [-0.05, 0) is 17.9 Å². The van der Waals surface area contributed by atoms with E-state index in [9.17, 15) is 0 Å².